The smallest absolute Gasteiger partial charge is 0.318 e. The topological polar surface area (TPSA) is 111 Å². The van der Waals surface area contributed by atoms with Gasteiger partial charge in [0.2, 0.25) is 5.82 Å². The summed E-state index contributed by atoms with van der Waals surface area (Å²) in [5.41, 5.74) is -0.742. The largest absolute Gasteiger partial charge is 0.362 e. The highest BCUT2D eigenvalue weighted by Gasteiger charge is 2.27. The van der Waals surface area contributed by atoms with Crippen molar-refractivity contribution in [2.24, 2.45) is 0 Å². The highest BCUT2D eigenvalue weighted by Crippen LogP contribution is 2.31. The standard InChI is InChI=1S/C8H8N4O4/c13-11(14)6-3-7(12(15)16)8(9-4-6)10-5-1-2-5/h3-5H,1-2H2,(H,9,10). The van der Waals surface area contributed by atoms with E-state index < -0.39 is 9.85 Å². The van der Waals surface area contributed by atoms with Gasteiger partial charge in [0, 0.05) is 6.04 Å². The molecule has 16 heavy (non-hydrogen) atoms. The molecule has 1 saturated carbocycles. The average molecular weight is 224 g/mol. The molecule has 0 atom stereocenters. The average Bonchev–Trinajstić information content (AvgIpc) is 3.01. The SMILES string of the molecule is O=[N+]([O-])c1cnc(NC2CC2)c([N+](=O)[O-])c1. The molecule has 1 heterocycles. The van der Waals surface area contributed by atoms with Crippen LogP contribution in [0.25, 0.3) is 0 Å². The number of pyridine rings is 1. The highest BCUT2D eigenvalue weighted by atomic mass is 16.6. The van der Waals surface area contributed by atoms with Crippen molar-refractivity contribution in [3.05, 3.63) is 32.5 Å². The van der Waals surface area contributed by atoms with E-state index in [1.807, 2.05) is 0 Å². The van der Waals surface area contributed by atoms with Crippen molar-refractivity contribution in [1.82, 2.24) is 4.98 Å². The van der Waals surface area contributed by atoms with E-state index in [-0.39, 0.29) is 23.2 Å². The van der Waals surface area contributed by atoms with Gasteiger partial charge in [0.05, 0.1) is 15.9 Å². The van der Waals surface area contributed by atoms with Gasteiger partial charge in [-0.2, -0.15) is 0 Å². The molecule has 1 fully saturated rings. The van der Waals surface area contributed by atoms with Crippen LogP contribution in [-0.4, -0.2) is 20.9 Å². The Kier molecular flexibility index (Phi) is 2.39. The lowest BCUT2D eigenvalue weighted by Crippen LogP contribution is -2.06. The summed E-state index contributed by atoms with van der Waals surface area (Å²) in [6.45, 7) is 0. The summed E-state index contributed by atoms with van der Waals surface area (Å²) in [4.78, 5) is 23.5. The van der Waals surface area contributed by atoms with Crippen molar-refractivity contribution < 1.29 is 9.85 Å². The zero-order valence-electron chi connectivity index (χ0n) is 8.12. The van der Waals surface area contributed by atoms with Gasteiger partial charge in [0.15, 0.2) is 0 Å². The van der Waals surface area contributed by atoms with Crippen LogP contribution in [0.2, 0.25) is 0 Å². The van der Waals surface area contributed by atoms with E-state index in [4.69, 9.17) is 0 Å². The molecule has 0 bridgehead atoms. The van der Waals surface area contributed by atoms with Gasteiger partial charge in [-0.1, -0.05) is 0 Å². The predicted octanol–water partition coefficient (Wildman–Crippen LogP) is 1.47. The summed E-state index contributed by atoms with van der Waals surface area (Å²) < 4.78 is 0. The second-order valence-corrected chi connectivity index (χ2v) is 3.49. The summed E-state index contributed by atoms with van der Waals surface area (Å²) in [6.07, 6.45) is 2.89. The lowest BCUT2D eigenvalue weighted by atomic mass is 10.3. The summed E-state index contributed by atoms with van der Waals surface area (Å²) in [5, 5.41) is 24.0. The Morgan fingerprint density at radius 3 is 2.50 bits per heavy atom. The molecular weight excluding hydrogens is 216 g/mol. The van der Waals surface area contributed by atoms with Crippen molar-refractivity contribution in [3.8, 4) is 0 Å². The molecule has 0 saturated heterocycles. The van der Waals surface area contributed by atoms with Crippen LogP contribution in [0.15, 0.2) is 12.3 Å². The fraction of sp³-hybridized carbons (Fsp3) is 0.375. The van der Waals surface area contributed by atoms with Crippen LogP contribution in [0.3, 0.4) is 0 Å². The zero-order valence-corrected chi connectivity index (χ0v) is 8.12. The normalized spacial score (nSPS) is 14.5. The van der Waals surface area contributed by atoms with E-state index in [9.17, 15) is 20.2 Å². The Morgan fingerprint density at radius 2 is 2.00 bits per heavy atom. The van der Waals surface area contributed by atoms with Crippen LogP contribution in [0, 0.1) is 20.2 Å². The van der Waals surface area contributed by atoms with E-state index >= 15 is 0 Å². The maximum Gasteiger partial charge on any atom is 0.318 e. The zero-order chi connectivity index (χ0) is 11.7. The Labute approximate surface area is 89.6 Å². The van der Waals surface area contributed by atoms with Crippen molar-refractivity contribution >= 4 is 17.2 Å². The summed E-state index contributed by atoms with van der Waals surface area (Å²) >= 11 is 0. The van der Waals surface area contributed by atoms with Crippen molar-refractivity contribution in [1.29, 1.82) is 0 Å². The van der Waals surface area contributed by atoms with Crippen LogP contribution in [-0.2, 0) is 0 Å². The van der Waals surface area contributed by atoms with E-state index in [2.05, 4.69) is 10.3 Å². The Balaban J connectivity index is 2.35. The Morgan fingerprint density at radius 1 is 1.31 bits per heavy atom. The van der Waals surface area contributed by atoms with E-state index in [1.54, 1.807) is 0 Å². The summed E-state index contributed by atoms with van der Waals surface area (Å²) in [5.74, 6) is 0.0955. The summed E-state index contributed by atoms with van der Waals surface area (Å²) in [6, 6.07) is 1.12. The Hall–Kier alpha value is -2.25. The minimum atomic E-state index is -0.707. The molecule has 8 heteroatoms. The molecule has 0 spiro atoms. The highest BCUT2D eigenvalue weighted by molar-refractivity contribution is 5.60. The first-order valence-electron chi connectivity index (χ1n) is 4.63. The molecule has 1 aromatic heterocycles. The number of nitrogens with one attached hydrogen (secondary N) is 1. The van der Waals surface area contributed by atoms with Crippen LogP contribution in [0.4, 0.5) is 17.2 Å². The molecular formula is C8H8N4O4. The minimum absolute atomic E-state index is 0.0955. The molecule has 1 aliphatic rings. The summed E-state index contributed by atoms with van der Waals surface area (Å²) in [7, 11) is 0. The number of hydrogen-bond donors (Lipinski definition) is 1. The van der Waals surface area contributed by atoms with Crippen LogP contribution in [0.1, 0.15) is 12.8 Å². The predicted molar refractivity (Wildman–Crippen MR) is 54.2 cm³/mol. The third kappa shape index (κ3) is 2.05. The second kappa shape index (κ2) is 3.72. The number of nitrogens with zero attached hydrogens (tertiary/aromatic N) is 3. The van der Waals surface area contributed by atoms with Gasteiger partial charge in [-0.15, -0.1) is 0 Å². The third-order valence-electron chi connectivity index (χ3n) is 2.18. The van der Waals surface area contributed by atoms with Crippen LogP contribution < -0.4 is 5.32 Å². The lowest BCUT2D eigenvalue weighted by Gasteiger charge is -2.03. The van der Waals surface area contributed by atoms with Gasteiger partial charge >= 0.3 is 5.69 Å². The quantitative estimate of drug-likeness (QED) is 0.612. The number of hydrogen-bond acceptors (Lipinski definition) is 6. The van der Waals surface area contributed by atoms with E-state index in [0.717, 1.165) is 25.1 Å². The van der Waals surface area contributed by atoms with Gasteiger partial charge in [-0.3, -0.25) is 20.2 Å². The van der Waals surface area contributed by atoms with Gasteiger partial charge < -0.3 is 5.32 Å². The molecule has 0 radical (unpaired) electrons. The Bertz CT molecular complexity index is 457. The molecule has 2 rings (SSSR count). The molecule has 8 nitrogen and oxygen atoms in total. The van der Waals surface area contributed by atoms with Gasteiger partial charge in [0.1, 0.15) is 6.20 Å². The number of aromatic nitrogens is 1. The molecule has 0 aliphatic heterocycles. The molecule has 0 amide bonds. The molecule has 1 aromatic rings. The molecule has 0 aromatic carbocycles. The third-order valence-corrected chi connectivity index (χ3v) is 2.18. The fourth-order valence-corrected chi connectivity index (χ4v) is 1.21. The van der Waals surface area contributed by atoms with Crippen molar-refractivity contribution in [2.75, 3.05) is 5.32 Å². The van der Waals surface area contributed by atoms with Gasteiger partial charge in [-0.25, -0.2) is 4.98 Å². The number of rotatable bonds is 4. The first-order valence-corrected chi connectivity index (χ1v) is 4.63. The minimum Gasteiger partial charge on any atom is -0.362 e. The molecule has 0 unspecified atom stereocenters. The van der Waals surface area contributed by atoms with Gasteiger partial charge in [-0.05, 0) is 12.8 Å². The number of anilines is 1. The van der Waals surface area contributed by atoms with Crippen LogP contribution >= 0.6 is 0 Å². The monoisotopic (exact) mass is 224 g/mol. The maximum atomic E-state index is 10.7. The van der Waals surface area contributed by atoms with Crippen molar-refractivity contribution in [2.45, 2.75) is 18.9 Å². The molecule has 84 valence electrons. The first kappa shape index (κ1) is 10.3. The maximum absolute atomic E-state index is 10.7. The molecule has 1 aliphatic carbocycles. The van der Waals surface area contributed by atoms with Gasteiger partial charge in [0.25, 0.3) is 5.69 Å². The van der Waals surface area contributed by atoms with E-state index in [0.29, 0.717) is 0 Å². The fourth-order valence-electron chi connectivity index (χ4n) is 1.21. The molecule has 1 N–H and O–H groups in total. The first-order chi connectivity index (χ1) is 7.58. The van der Waals surface area contributed by atoms with Crippen LogP contribution in [0.5, 0.6) is 0 Å². The number of nitro groups is 2. The lowest BCUT2D eigenvalue weighted by molar-refractivity contribution is -0.394. The van der Waals surface area contributed by atoms with Crippen molar-refractivity contribution in [3.63, 3.8) is 0 Å². The van der Waals surface area contributed by atoms with E-state index in [1.165, 1.54) is 0 Å². The second-order valence-electron chi connectivity index (χ2n) is 3.49.